The summed E-state index contributed by atoms with van der Waals surface area (Å²) in [5, 5.41) is 15.0. The lowest BCUT2D eigenvalue weighted by molar-refractivity contribution is 0.0696. The largest absolute Gasteiger partial charge is 0.478 e. The summed E-state index contributed by atoms with van der Waals surface area (Å²) in [6, 6.07) is 10.2. The van der Waals surface area contributed by atoms with Crippen LogP contribution in [-0.2, 0) is 0 Å². The molecule has 0 aliphatic carbocycles. The molecule has 144 valence electrons. The van der Waals surface area contributed by atoms with Crippen molar-refractivity contribution in [3.05, 3.63) is 69.6 Å². The Morgan fingerprint density at radius 2 is 2.07 bits per heavy atom. The second kappa shape index (κ2) is 8.45. The minimum absolute atomic E-state index is 0.118. The normalized spacial score (nSPS) is 11.1. The fourth-order valence-corrected chi connectivity index (χ4v) is 3.50. The first-order chi connectivity index (χ1) is 13.4. The van der Waals surface area contributed by atoms with E-state index < -0.39 is 16.9 Å². The Labute approximate surface area is 168 Å². The zero-order chi connectivity index (χ0) is 20.3. The van der Waals surface area contributed by atoms with E-state index in [1.54, 1.807) is 31.2 Å². The Morgan fingerprint density at radius 3 is 2.75 bits per heavy atom. The minimum Gasteiger partial charge on any atom is -0.478 e. The third-order valence-electron chi connectivity index (χ3n) is 3.81. The predicted octanol–water partition coefficient (Wildman–Crippen LogP) is 5.30. The molecule has 0 radical (unpaired) electrons. The van der Waals surface area contributed by atoms with Crippen LogP contribution in [0, 0.1) is 10.9 Å². The molecular formula is C19H14ClF2N3O2S. The van der Waals surface area contributed by atoms with Crippen molar-refractivity contribution in [2.45, 2.75) is 6.92 Å². The van der Waals surface area contributed by atoms with Crippen molar-refractivity contribution in [3.63, 3.8) is 0 Å². The molecule has 0 fully saturated rings. The van der Waals surface area contributed by atoms with Gasteiger partial charge in [0.1, 0.15) is 11.5 Å². The van der Waals surface area contributed by atoms with E-state index >= 15 is 0 Å². The summed E-state index contributed by atoms with van der Waals surface area (Å²) in [5.41, 5.74) is 0.584. The van der Waals surface area contributed by atoms with E-state index in [-0.39, 0.29) is 22.0 Å². The summed E-state index contributed by atoms with van der Waals surface area (Å²) in [5.74, 6) is -1.93. The molecule has 1 heterocycles. The average Bonchev–Trinajstić information content (AvgIpc) is 3.04. The Hall–Kier alpha value is -2.84. The number of hydrogen-bond acceptors (Lipinski definition) is 5. The van der Waals surface area contributed by atoms with Crippen LogP contribution in [0.1, 0.15) is 22.8 Å². The zero-order valence-electron chi connectivity index (χ0n) is 14.6. The number of hydrogen-bond donors (Lipinski definition) is 1. The number of nitrogens with zero attached hydrogens (tertiary/aromatic N) is 3. The van der Waals surface area contributed by atoms with Crippen LogP contribution in [0.25, 0.3) is 11.3 Å². The van der Waals surface area contributed by atoms with Crippen molar-refractivity contribution < 1.29 is 18.7 Å². The molecule has 5 nitrogen and oxygen atoms in total. The highest BCUT2D eigenvalue weighted by molar-refractivity contribution is 7.14. The van der Waals surface area contributed by atoms with Gasteiger partial charge in [-0.2, -0.15) is 9.49 Å². The van der Waals surface area contributed by atoms with Crippen molar-refractivity contribution in [1.29, 1.82) is 0 Å². The molecule has 0 amide bonds. The summed E-state index contributed by atoms with van der Waals surface area (Å²) in [7, 11) is 0. The standard InChI is InChI=1S/C19H14ClF2N3O2S/c1-2-25(23-10-11-7-8-12(21)9-14(11)18(26)27)19-24-16(17(22)28-19)13-5-3-4-6-15(13)20/h3-10H,2H2,1H3,(H,26,27)/b23-10+. The monoisotopic (exact) mass is 421 g/mol. The lowest BCUT2D eigenvalue weighted by Gasteiger charge is -2.12. The van der Waals surface area contributed by atoms with Crippen LogP contribution in [0.4, 0.5) is 13.9 Å². The quantitative estimate of drug-likeness (QED) is 0.433. The number of carbonyl (C=O) groups is 1. The van der Waals surface area contributed by atoms with Crippen molar-refractivity contribution in [3.8, 4) is 11.3 Å². The summed E-state index contributed by atoms with van der Waals surface area (Å²) in [4.78, 5) is 15.6. The van der Waals surface area contributed by atoms with Crippen LogP contribution in [0.3, 0.4) is 0 Å². The molecule has 0 unspecified atom stereocenters. The van der Waals surface area contributed by atoms with Gasteiger partial charge in [-0.15, -0.1) is 0 Å². The highest BCUT2D eigenvalue weighted by Crippen LogP contribution is 2.35. The minimum atomic E-state index is -1.27. The molecule has 28 heavy (non-hydrogen) atoms. The van der Waals surface area contributed by atoms with E-state index in [0.29, 0.717) is 17.1 Å². The number of benzene rings is 2. The summed E-state index contributed by atoms with van der Waals surface area (Å²) < 4.78 is 27.7. The van der Waals surface area contributed by atoms with Crippen LogP contribution >= 0.6 is 22.9 Å². The second-order valence-corrected chi connectivity index (χ2v) is 6.93. The SMILES string of the molecule is CCN(/N=C/c1ccc(F)cc1C(=O)O)c1nc(-c2ccccc2Cl)c(F)s1. The number of carboxylic acids is 1. The van der Waals surface area contributed by atoms with Gasteiger partial charge in [0, 0.05) is 17.7 Å². The van der Waals surface area contributed by atoms with Crippen LogP contribution in [0.2, 0.25) is 5.02 Å². The number of rotatable bonds is 6. The summed E-state index contributed by atoms with van der Waals surface area (Å²) >= 11 is 6.92. The van der Waals surface area contributed by atoms with Gasteiger partial charge in [0.2, 0.25) is 10.3 Å². The number of anilines is 1. The van der Waals surface area contributed by atoms with Gasteiger partial charge in [-0.1, -0.05) is 41.1 Å². The van der Waals surface area contributed by atoms with E-state index in [4.69, 9.17) is 11.6 Å². The van der Waals surface area contributed by atoms with Gasteiger partial charge in [0.15, 0.2) is 0 Å². The van der Waals surface area contributed by atoms with Crippen molar-refractivity contribution in [2.75, 3.05) is 11.6 Å². The first-order valence-electron chi connectivity index (χ1n) is 8.16. The van der Waals surface area contributed by atoms with Gasteiger partial charge >= 0.3 is 5.97 Å². The molecule has 2 aromatic carbocycles. The molecule has 1 aromatic heterocycles. The Balaban J connectivity index is 1.93. The number of aromatic carboxylic acids is 1. The lowest BCUT2D eigenvalue weighted by atomic mass is 10.1. The third kappa shape index (κ3) is 4.18. The van der Waals surface area contributed by atoms with Gasteiger partial charge in [-0.25, -0.2) is 19.2 Å². The molecule has 0 spiro atoms. The van der Waals surface area contributed by atoms with Gasteiger partial charge in [-0.05, 0) is 31.2 Å². The molecule has 1 N–H and O–H groups in total. The van der Waals surface area contributed by atoms with Crippen molar-refractivity contribution in [2.24, 2.45) is 5.10 Å². The van der Waals surface area contributed by atoms with E-state index in [1.165, 1.54) is 17.3 Å². The summed E-state index contributed by atoms with van der Waals surface area (Å²) in [6.07, 6.45) is 1.28. The van der Waals surface area contributed by atoms with Crippen LogP contribution < -0.4 is 5.01 Å². The van der Waals surface area contributed by atoms with E-state index in [1.807, 2.05) is 0 Å². The molecule has 3 rings (SSSR count). The van der Waals surface area contributed by atoms with E-state index in [9.17, 15) is 18.7 Å². The van der Waals surface area contributed by atoms with Crippen molar-refractivity contribution in [1.82, 2.24) is 4.98 Å². The fraction of sp³-hybridized carbons (Fsp3) is 0.105. The topological polar surface area (TPSA) is 65.8 Å². The van der Waals surface area contributed by atoms with Crippen LogP contribution in [-0.4, -0.2) is 28.8 Å². The maximum atomic E-state index is 14.4. The molecule has 0 atom stereocenters. The highest BCUT2D eigenvalue weighted by atomic mass is 35.5. The molecule has 3 aromatic rings. The molecule has 9 heteroatoms. The molecule has 0 aliphatic heterocycles. The Morgan fingerprint density at radius 1 is 1.32 bits per heavy atom. The Kier molecular flexibility index (Phi) is 6.01. The fourth-order valence-electron chi connectivity index (χ4n) is 2.45. The van der Waals surface area contributed by atoms with Crippen LogP contribution in [0.15, 0.2) is 47.6 Å². The maximum Gasteiger partial charge on any atom is 0.336 e. The number of carboxylic acid groups (broad SMARTS) is 1. The first-order valence-corrected chi connectivity index (χ1v) is 9.35. The smallest absolute Gasteiger partial charge is 0.336 e. The molecule has 0 saturated carbocycles. The molecule has 0 saturated heterocycles. The van der Waals surface area contributed by atoms with Gasteiger partial charge in [0.05, 0.1) is 16.8 Å². The third-order valence-corrected chi connectivity index (χ3v) is 4.99. The summed E-state index contributed by atoms with van der Waals surface area (Å²) in [6.45, 7) is 2.14. The predicted molar refractivity (Wildman–Crippen MR) is 106 cm³/mol. The molecular weight excluding hydrogens is 408 g/mol. The van der Waals surface area contributed by atoms with Gasteiger partial charge in [-0.3, -0.25) is 0 Å². The van der Waals surface area contributed by atoms with Gasteiger partial charge < -0.3 is 5.11 Å². The van der Waals surface area contributed by atoms with E-state index in [2.05, 4.69) is 10.1 Å². The number of aromatic nitrogens is 1. The zero-order valence-corrected chi connectivity index (χ0v) is 16.1. The van der Waals surface area contributed by atoms with E-state index in [0.717, 1.165) is 23.5 Å². The molecule has 0 aliphatic rings. The highest BCUT2D eigenvalue weighted by Gasteiger charge is 2.18. The average molecular weight is 422 g/mol. The molecule has 0 bridgehead atoms. The first kappa shape index (κ1) is 19.9. The number of thiazole rings is 1. The number of hydrazone groups is 1. The second-order valence-electron chi connectivity index (χ2n) is 5.60. The van der Waals surface area contributed by atoms with Crippen molar-refractivity contribution >= 4 is 40.3 Å². The van der Waals surface area contributed by atoms with Gasteiger partial charge in [0.25, 0.3) is 0 Å². The van der Waals surface area contributed by atoms with Crippen LogP contribution in [0.5, 0.6) is 0 Å². The number of halogens is 3. The lowest BCUT2D eigenvalue weighted by Crippen LogP contribution is -2.16. The maximum absolute atomic E-state index is 14.4. The Bertz CT molecular complexity index is 1060.